The first-order valence-corrected chi connectivity index (χ1v) is 13.0. The summed E-state index contributed by atoms with van der Waals surface area (Å²) in [6, 6.07) is 8.74. The lowest BCUT2D eigenvalue weighted by molar-refractivity contribution is 0.0682. The van der Waals surface area contributed by atoms with Gasteiger partial charge in [0.2, 0.25) is 0 Å². The molecule has 2 unspecified atom stereocenters. The standard InChI is InChI=1S/C27H27ClN6O/c1-16-21(3-2-8-29-16)27(35)25-7-4-18-13-32(15-26(18,25)27)24-10-23-17(9-22(24)28)11-31-34(23)20-12-30-33(14-20)19-5-6-19/h2-3,8-12,14,18-19,25,35H,4-7,13,15H2,1H3/t18-,25+,26?,27?/m0/s1. The van der Waals surface area contributed by atoms with Crippen molar-refractivity contribution in [1.29, 1.82) is 0 Å². The lowest BCUT2D eigenvalue weighted by Gasteiger charge is -2.24. The van der Waals surface area contributed by atoms with E-state index in [4.69, 9.17) is 11.6 Å². The van der Waals surface area contributed by atoms with Crippen molar-refractivity contribution < 1.29 is 5.11 Å². The van der Waals surface area contributed by atoms with Crippen LogP contribution in [0.25, 0.3) is 16.6 Å². The molecule has 0 bridgehead atoms. The number of rotatable bonds is 4. The summed E-state index contributed by atoms with van der Waals surface area (Å²) in [5.41, 5.74) is 4.05. The Morgan fingerprint density at radius 1 is 1.11 bits per heavy atom. The zero-order valence-electron chi connectivity index (χ0n) is 19.6. The Labute approximate surface area is 208 Å². The number of aryl methyl sites for hydroxylation is 1. The van der Waals surface area contributed by atoms with E-state index in [2.05, 4.69) is 43.1 Å². The Hall–Kier alpha value is -2.90. The molecule has 1 aliphatic heterocycles. The summed E-state index contributed by atoms with van der Waals surface area (Å²) in [6.07, 6.45) is 12.3. The lowest BCUT2D eigenvalue weighted by Crippen LogP contribution is -2.27. The maximum Gasteiger partial charge on any atom is 0.103 e. The molecule has 4 fully saturated rings. The molecule has 35 heavy (non-hydrogen) atoms. The van der Waals surface area contributed by atoms with Gasteiger partial charge in [-0.2, -0.15) is 10.2 Å². The minimum absolute atomic E-state index is 0.120. The Bertz CT molecular complexity index is 1510. The van der Waals surface area contributed by atoms with Gasteiger partial charge in [-0.25, -0.2) is 4.68 Å². The topological polar surface area (TPSA) is 72.0 Å². The monoisotopic (exact) mass is 486 g/mol. The van der Waals surface area contributed by atoms with Gasteiger partial charge in [0.15, 0.2) is 0 Å². The number of halogens is 1. The van der Waals surface area contributed by atoms with Crippen LogP contribution in [0.2, 0.25) is 5.02 Å². The summed E-state index contributed by atoms with van der Waals surface area (Å²) in [6.45, 7) is 3.74. The van der Waals surface area contributed by atoms with Crippen LogP contribution in [0.5, 0.6) is 0 Å². The van der Waals surface area contributed by atoms with Crippen LogP contribution in [-0.4, -0.2) is 42.7 Å². The Balaban J connectivity index is 1.17. The van der Waals surface area contributed by atoms with Crippen molar-refractivity contribution in [3.05, 3.63) is 65.3 Å². The molecule has 1 aromatic carbocycles. The molecule has 1 spiro atoms. The van der Waals surface area contributed by atoms with Crippen molar-refractivity contribution in [2.75, 3.05) is 18.0 Å². The van der Waals surface area contributed by atoms with E-state index in [1.807, 2.05) is 42.3 Å². The van der Waals surface area contributed by atoms with Crippen molar-refractivity contribution in [1.82, 2.24) is 24.5 Å². The highest BCUT2D eigenvalue weighted by molar-refractivity contribution is 6.34. The molecule has 4 aliphatic rings. The molecular formula is C27H27ClN6O. The Morgan fingerprint density at radius 2 is 2.00 bits per heavy atom. The van der Waals surface area contributed by atoms with Crippen molar-refractivity contribution in [3.8, 4) is 5.69 Å². The van der Waals surface area contributed by atoms with Gasteiger partial charge in [0.25, 0.3) is 0 Å². The highest BCUT2D eigenvalue weighted by Crippen LogP contribution is 2.80. The third-order valence-electron chi connectivity index (χ3n) is 9.33. The van der Waals surface area contributed by atoms with E-state index in [1.165, 1.54) is 12.8 Å². The van der Waals surface area contributed by atoms with Crippen LogP contribution < -0.4 is 4.90 Å². The first kappa shape index (κ1) is 20.3. The van der Waals surface area contributed by atoms with Gasteiger partial charge in [-0.05, 0) is 56.7 Å². The fraction of sp³-hybridized carbons (Fsp3) is 0.444. The van der Waals surface area contributed by atoms with Crippen LogP contribution in [-0.2, 0) is 5.60 Å². The second-order valence-corrected chi connectivity index (χ2v) is 11.4. The van der Waals surface area contributed by atoms with Crippen LogP contribution in [0, 0.1) is 24.2 Å². The van der Waals surface area contributed by atoms with E-state index < -0.39 is 5.60 Å². The summed E-state index contributed by atoms with van der Waals surface area (Å²) >= 11 is 6.85. The van der Waals surface area contributed by atoms with Crippen molar-refractivity contribution >= 4 is 28.2 Å². The second kappa shape index (κ2) is 6.65. The third-order valence-corrected chi connectivity index (χ3v) is 9.63. The number of aromatic nitrogens is 5. The summed E-state index contributed by atoms with van der Waals surface area (Å²) in [7, 11) is 0. The van der Waals surface area contributed by atoms with Crippen LogP contribution in [0.4, 0.5) is 5.69 Å². The first-order valence-electron chi connectivity index (χ1n) is 12.6. The fourth-order valence-electron chi connectivity index (χ4n) is 7.54. The van der Waals surface area contributed by atoms with Gasteiger partial charge in [0, 0.05) is 47.3 Å². The van der Waals surface area contributed by atoms with E-state index >= 15 is 0 Å². The number of aliphatic hydroxyl groups is 1. The molecule has 0 radical (unpaired) electrons. The quantitative estimate of drug-likeness (QED) is 0.454. The van der Waals surface area contributed by atoms with Gasteiger partial charge < -0.3 is 10.0 Å². The zero-order chi connectivity index (χ0) is 23.5. The van der Waals surface area contributed by atoms with Crippen LogP contribution in [0.3, 0.4) is 0 Å². The summed E-state index contributed by atoms with van der Waals surface area (Å²) in [5, 5.41) is 23.0. The van der Waals surface area contributed by atoms with Gasteiger partial charge >= 0.3 is 0 Å². The van der Waals surface area contributed by atoms with E-state index in [-0.39, 0.29) is 11.3 Å². The predicted octanol–water partition coefficient (Wildman–Crippen LogP) is 4.65. The molecule has 1 N–H and O–H groups in total. The molecule has 8 heteroatoms. The average Bonchev–Trinajstić information content (AvgIpc) is 3.38. The average molecular weight is 487 g/mol. The Kier molecular flexibility index (Phi) is 3.86. The Morgan fingerprint density at radius 3 is 2.83 bits per heavy atom. The smallest absolute Gasteiger partial charge is 0.103 e. The number of pyridine rings is 1. The van der Waals surface area contributed by atoms with Crippen LogP contribution in [0.1, 0.15) is 43.0 Å². The van der Waals surface area contributed by atoms with E-state index in [0.717, 1.165) is 64.5 Å². The van der Waals surface area contributed by atoms with Gasteiger partial charge in [-0.1, -0.05) is 17.7 Å². The number of anilines is 1. The summed E-state index contributed by atoms with van der Waals surface area (Å²) < 4.78 is 4.01. The van der Waals surface area contributed by atoms with Gasteiger partial charge in [-0.3, -0.25) is 9.67 Å². The number of nitrogens with zero attached hydrogens (tertiary/aromatic N) is 6. The maximum atomic E-state index is 12.0. The van der Waals surface area contributed by atoms with Crippen LogP contribution in [0.15, 0.2) is 49.1 Å². The highest BCUT2D eigenvalue weighted by Gasteiger charge is 2.83. The number of benzene rings is 1. The van der Waals surface area contributed by atoms with Crippen molar-refractivity contribution in [3.63, 3.8) is 0 Å². The molecule has 4 aromatic rings. The molecule has 3 aliphatic carbocycles. The fourth-order valence-corrected chi connectivity index (χ4v) is 7.83. The SMILES string of the molecule is Cc1ncccc1C1(O)[C@@H]2CC[C@H]3CN(c4cc5c(cnn5-c5cnn(C6CC6)c5)cc4Cl)CC321. The molecule has 3 aromatic heterocycles. The molecule has 0 amide bonds. The van der Waals surface area contributed by atoms with Crippen LogP contribution >= 0.6 is 11.6 Å². The molecular weight excluding hydrogens is 460 g/mol. The van der Waals surface area contributed by atoms with E-state index in [9.17, 15) is 5.11 Å². The second-order valence-electron chi connectivity index (χ2n) is 11.0. The van der Waals surface area contributed by atoms with Crippen molar-refractivity contribution in [2.45, 2.75) is 44.2 Å². The van der Waals surface area contributed by atoms with Gasteiger partial charge in [0.1, 0.15) is 11.3 Å². The zero-order valence-corrected chi connectivity index (χ0v) is 20.4. The molecule has 1 saturated heterocycles. The summed E-state index contributed by atoms with van der Waals surface area (Å²) in [4.78, 5) is 6.88. The number of fused-ring (bicyclic) bond motifs is 1. The maximum absolute atomic E-state index is 12.0. The summed E-state index contributed by atoms with van der Waals surface area (Å²) in [5.74, 6) is 0.736. The molecule has 3 saturated carbocycles. The molecule has 7 nitrogen and oxygen atoms in total. The minimum Gasteiger partial charge on any atom is -0.384 e. The molecule has 8 rings (SSSR count). The third kappa shape index (κ3) is 2.53. The lowest BCUT2D eigenvalue weighted by atomic mass is 9.85. The van der Waals surface area contributed by atoms with Crippen molar-refractivity contribution in [2.24, 2.45) is 17.3 Å². The van der Waals surface area contributed by atoms with Gasteiger partial charge in [-0.15, -0.1) is 0 Å². The normalized spacial score (nSPS) is 31.2. The molecule has 4 heterocycles. The van der Waals surface area contributed by atoms with E-state index in [1.54, 1.807) is 0 Å². The minimum atomic E-state index is -0.793. The molecule has 178 valence electrons. The van der Waals surface area contributed by atoms with Gasteiger partial charge in [0.05, 0.1) is 40.9 Å². The molecule has 4 atom stereocenters. The first-order chi connectivity index (χ1) is 17.0. The number of hydrogen-bond acceptors (Lipinski definition) is 5. The van der Waals surface area contributed by atoms with E-state index in [0.29, 0.717) is 12.0 Å². The number of hydrogen-bond donors (Lipinski definition) is 1. The largest absolute Gasteiger partial charge is 0.384 e. The highest BCUT2D eigenvalue weighted by atomic mass is 35.5. The predicted molar refractivity (Wildman–Crippen MR) is 134 cm³/mol.